The van der Waals surface area contributed by atoms with E-state index < -0.39 is 0 Å². The largest absolute Gasteiger partial charge is 0.341 e. The van der Waals surface area contributed by atoms with Crippen LogP contribution in [0.25, 0.3) is 0 Å². The number of aliphatic imine (C=N–C) groups is 1. The highest BCUT2D eigenvalue weighted by molar-refractivity contribution is 6.05. The Labute approximate surface area is 103 Å². The Kier molecular flexibility index (Phi) is 3.05. The van der Waals surface area contributed by atoms with Crippen LogP contribution in [0.2, 0.25) is 0 Å². The molecule has 1 heterocycles. The van der Waals surface area contributed by atoms with Gasteiger partial charge in [-0.3, -0.25) is 4.99 Å². The van der Waals surface area contributed by atoms with Gasteiger partial charge in [0.15, 0.2) is 0 Å². The molecule has 1 aliphatic rings. The van der Waals surface area contributed by atoms with Crippen LogP contribution >= 0.6 is 0 Å². The molecule has 1 aromatic carbocycles. The number of nitrogens with zero attached hydrogens (tertiary/aromatic N) is 1. The zero-order valence-corrected chi connectivity index (χ0v) is 11.0. The Morgan fingerprint density at radius 1 is 1.12 bits per heavy atom. The lowest BCUT2D eigenvalue weighted by Gasteiger charge is -2.18. The summed E-state index contributed by atoms with van der Waals surface area (Å²) >= 11 is 0. The molecule has 1 N–H and O–H groups in total. The van der Waals surface area contributed by atoms with Crippen LogP contribution in [0, 0.1) is 12.3 Å². The second kappa shape index (κ2) is 4.36. The monoisotopic (exact) mass is 228 g/mol. The van der Waals surface area contributed by atoms with Crippen LogP contribution in [0.4, 0.5) is 5.69 Å². The quantitative estimate of drug-likeness (QED) is 0.777. The van der Waals surface area contributed by atoms with E-state index in [9.17, 15) is 0 Å². The van der Waals surface area contributed by atoms with Crippen molar-refractivity contribution in [2.24, 2.45) is 10.4 Å². The van der Waals surface area contributed by atoms with Crippen LogP contribution in [-0.4, -0.2) is 12.4 Å². The van der Waals surface area contributed by atoms with Crippen LogP contribution in [-0.2, 0) is 0 Å². The van der Waals surface area contributed by atoms with E-state index in [0.717, 1.165) is 18.1 Å². The van der Waals surface area contributed by atoms with Crippen LogP contribution in [0.1, 0.15) is 26.3 Å². The maximum atomic E-state index is 4.51. The highest BCUT2D eigenvalue weighted by Gasteiger charge is 2.20. The summed E-state index contributed by atoms with van der Waals surface area (Å²) in [4.78, 5) is 4.51. The molecule has 90 valence electrons. The Bertz CT molecular complexity index is 459. The standard InChI is InChI=1S/C15H20N2/c1-11-5-7-13(8-6-11)17-14-9-12(10-16-14)15(2,3)4/h5-9H,10H2,1-4H3,(H,16,17). The molecule has 0 spiro atoms. The van der Waals surface area contributed by atoms with Crippen molar-refractivity contribution >= 4 is 11.5 Å². The molecule has 2 rings (SSSR count). The number of benzene rings is 1. The predicted octanol–water partition coefficient (Wildman–Crippen LogP) is 3.79. The van der Waals surface area contributed by atoms with E-state index in [4.69, 9.17) is 0 Å². The van der Waals surface area contributed by atoms with Gasteiger partial charge in [-0.1, -0.05) is 38.5 Å². The molecule has 0 radical (unpaired) electrons. The van der Waals surface area contributed by atoms with E-state index in [2.05, 4.69) is 68.3 Å². The van der Waals surface area contributed by atoms with Gasteiger partial charge < -0.3 is 5.32 Å². The Balaban J connectivity index is 2.07. The average molecular weight is 228 g/mol. The van der Waals surface area contributed by atoms with Gasteiger partial charge in [0.05, 0.1) is 6.54 Å². The van der Waals surface area contributed by atoms with Gasteiger partial charge in [-0.05, 0) is 36.1 Å². The molecule has 0 saturated carbocycles. The molecule has 2 nitrogen and oxygen atoms in total. The number of amidine groups is 1. The minimum Gasteiger partial charge on any atom is -0.341 e. The third kappa shape index (κ3) is 2.96. The first kappa shape index (κ1) is 11.9. The summed E-state index contributed by atoms with van der Waals surface area (Å²) in [5.41, 5.74) is 3.96. The lowest BCUT2D eigenvalue weighted by molar-refractivity contribution is 0.499. The maximum absolute atomic E-state index is 4.51. The summed E-state index contributed by atoms with van der Waals surface area (Å²) in [6, 6.07) is 8.38. The number of anilines is 1. The van der Waals surface area contributed by atoms with Gasteiger partial charge in [-0.2, -0.15) is 0 Å². The first-order chi connectivity index (χ1) is 7.95. The molecule has 1 aromatic rings. The van der Waals surface area contributed by atoms with Gasteiger partial charge in [-0.15, -0.1) is 0 Å². The van der Waals surface area contributed by atoms with E-state index in [1.807, 2.05) is 0 Å². The van der Waals surface area contributed by atoms with Crippen LogP contribution in [0.3, 0.4) is 0 Å². The number of rotatable bonds is 1. The Morgan fingerprint density at radius 2 is 1.76 bits per heavy atom. The fourth-order valence-corrected chi connectivity index (χ4v) is 1.74. The van der Waals surface area contributed by atoms with Gasteiger partial charge >= 0.3 is 0 Å². The van der Waals surface area contributed by atoms with Crippen LogP contribution in [0.15, 0.2) is 40.9 Å². The Morgan fingerprint density at radius 3 is 2.29 bits per heavy atom. The second-order valence-electron chi connectivity index (χ2n) is 5.61. The van der Waals surface area contributed by atoms with Gasteiger partial charge in [0, 0.05) is 5.69 Å². The zero-order valence-electron chi connectivity index (χ0n) is 11.0. The normalized spacial score (nSPS) is 15.5. The zero-order chi connectivity index (χ0) is 12.5. The second-order valence-corrected chi connectivity index (χ2v) is 5.61. The van der Waals surface area contributed by atoms with Crippen molar-refractivity contribution in [1.82, 2.24) is 0 Å². The van der Waals surface area contributed by atoms with Gasteiger partial charge in [-0.25, -0.2) is 0 Å². The van der Waals surface area contributed by atoms with Crippen molar-refractivity contribution < 1.29 is 0 Å². The SMILES string of the molecule is Cc1ccc(NC2=NCC(C(C)(C)C)=C2)cc1. The fraction of sp³-hybridized carbons (Fsp3) is 0.400. The summed E-state index contributed by atoms with van der Waals surface area (Å²) in [5, 5.41) is 3.34. The number of hydrogen-bond acceptors (Lipinski definition) is 2. The average Bonchev–Trinajstić information content (AvgIpc) is 2.69. The van der Waals surface area contributed by atoms with Gasteiger partial charge in [0.2, 0.25) is 0 Å². The molecular formula is C15H20N2. The molecule has 17 heavy (non-hydrogen) atoms. The predicted molar refractivity (Wildman–Crippen MR) is 74.6 cm³/mol. The summed E-state index contributed by atoms with van der Waals surface area (Å²) in [6.45, 7) is 9.59. The first-order valence-corrected chi connectivity index (χ1v) is 6.04. The van der Waals surface area contributed by atoms with E-state index in [-0.39, 0.29) is 5.41 Å². The first-order valence-electron chi connectivity index (χ1n) is 6.04. The Hall–Kier alpha value is -1.57. The molecule has 0 fully saturated rings. The maximum Gasteiger partial charge on any atom is 0.125 e. The van der Waals surface area contributed by atoms with Crippen molar-refractivity contribution in [2.75, 3.05) is 11.9 Å². The summed E-state index contributed by atoms with van der Waals surface area (Å²) in [6.07, 6.45) is 2.17. The smallest absolute Gasteiger partial charge is 0.125 e. The fourth-order valence-electron chi connectivity index (χ4n) is 1.74. The summed E-state index contributed by atoms with van der Waals surface area (Å²) < 4.78 is 0. The molecule has 0 aromatic heterocycles. The topological polar surface area (TPSA) is 24.4 Å². The van der Waals surface area contributed by atoms with E-state index in [1.54, 1.807) is 0 Å². The van der Waals surface area contributed by atoms with Gasteiger partial charge in [0.25, 0.3) is 0 Å². The minimum absolute atomic E-state index is 0.209. The molecule has 0 aliphatic carbocycles. The van der Waals surface area contributed by atoms with E-state index in [1.165, 1.54) is 11.1 Å². The van der Waals surface area contributed by atoms with E-state index >= 15 is 0 Å². The number of aryl methyl sites for hydroxylation is 1. The van der Waals surface area contributed by atoms with Crippen molar-refractivity contribution in [1.29, 1.82) is 0 Å². The van der Waals surface area contributed by atoms with Crippen molar-refractivity contribution in [2.45, 2.75) is 27.7 Å². The summed E-state index contributed by atoms with van der Waals surface area (Å²) in [7, 11) is 0. The number of hydrogen-bond donors (Lipinski definition) is 1. The molecule has 0 bridgehead atoms. The molecule has 0 unspecified atom stereocenters. The molecule has 0 atom stereocenters. The van der Waals surface area contributed by atoms with Crippen LogP contribution < -0.4 is 5.32 Å². The molecule has 0 amide bonds. The molecule has 2 heteroatoms. The highest BCUT2D eigenvalue weighted by atomic mass is 15.0. The van der Waals surface area contributed by atoms with E-state index in [0.29, 0.717) is 0 Å². The summed E-state index contributed by atoms with van der Waals surface area (Å²) in [5.74, 6) is 0.971. The lowest BCUT2D eigenvalue weighted by atomic mass is 9.87. The number of nitrogens with one attached hydrogen (secondary N) is 1. The third-order valence-electron chi connectivity index (χ3n) is 3.02. The van der Waals surface area contributed by atoms with Gasteiger partial charge in [0.1, 0.15) is 5.84 Å². The molecular weight excluding hydrogens is 208 g/mol. The third-order valence-corrected chi connectivity index (χ3v) is 3.02. The molecule has 0 saturated heterocycles. The highest BCUT2D eigenvalue weighted by Crippen LogP contribution is 2.28. The van der Waals surface area contributed by atoms with Crippen molar-refractivity contribution in [3.8, 4) is 0 Å². The van der Waals surface area contributed by atoms with Crippen LogP contribution in [0.5, 0.6) is 0 Å². The van der Waals surface area contributed by atoms with Crippen molar-refractivity contribution in [3.05, 3.63) is 41.5 Å². The molecule has 1 aliphatic heterocycles. The minimum atomic E-state index is 0.209. The van der Waals surface area contributed by atoms with Crippen molar-refractivity contribution in [3.63, 3.8) is 0 Å². The lowest BCUT2D eigenvalue weighted by Crippen LogP contribution is -2.11.